The maximum Gasteiger partial charge on any atom is 0.182 e. The molecular formula is C13H23N3S. The molecule has 2 rings (SSSR count). The van der Waals surface area contributed by atoms with Gasteiger partial charge >= 0.3 is 0 Å². The average molecular weight is 253 g/mol. The van der Waals surface area contributed by atoms with Crippen molar-refractivity contribution in [3.63, 3.8) is 0 Å². The van der Waals surface area contributed by atoms with Crippen LogP contribution in [0.4, 0.5) is 5.13 Å². The van der Waals surface area contributed by atoms with Crippen molar-refractivity contribution in [2.24, 2.45) is 0 Å². The number of aromatic nitrogens is 1. The number of thiazole rings is 1. The number of aryl methyl sites for hydroxylation is 1. The first kappa shape index (κ1) is 12.8. The monoisotopic (exact) mass is 253 g/mol. The Morgan fingerprint density at radius 3 is 2.71 bits per heavy atom. The van der Waals surface area contributed by atoms with Gasteiger partial charge in [-0.25, -0.2) is 4.98 Å². The van der Waals surface area contributed by atoms with Gasteiger partial charge in [0.2, 0.25) is 0 Å². The normalized spacial score (nSPS) is 17.9. The van der Waals surface area contributed by atoms with E-state index in [0.29, 0.717) is 0 Å². The lowest BCUT2D eigenvalue weighted by molar-refractivity contribution is 0.296. The number of rotatable bonds is 5. The largest absolute Gasteiger partial charge is 0.360 e. The molecule has 2 heterocycles. The zero-order chi connectivity index (χ0) is 11.9. The Balaban J connectivity index is 1.67. The molecular weight excluding hydrogens is 230 g/mol. The molecule has 17 heavy (non-hydrogen) atoms. The number of hydrogen-bond acceptors (Lipinski definition) is 4. The van der Waals surface area contributed by atoms with Crippen LogP contribution in [0.2, 0.25) is 0 Å². The van der Waals surface area contributed by atoms with Gasteiger partial charge in [0, 0.05) is 18.5 Å². The first-order valence-corrected chi connectivity index (χ1v) is 7.67. The molecule has 0 bridgehead atoms. The average Bonchev–Trinajstić information content (AvgIpc) is 2.65. The number of likely N-dealkylation sites (tertiary alicyclic amines) is 1. The maximum absolute atomic E-state index is 4.52. The number of hydrogen-bond donors (Lipinski definition) is 1. The molecule has 0 aromatic carbocycles. The highest BCUT2D eigenvalue weighted by atomic mass is 32.1. The van der Waals surface area contributed by atoms with Crippen molar-refractivity contribution in [2.75, 3.05) is 31.5 Å². The summed E-state index contributed by atoms with van der Waals surface area (Å²) < 4.78 is 0. The lowest BCUT2D eigenvalue weighted by Gasteiger charge is -2.19. The predicted octanol–water partition coefficient (Wildman–Crippen LogP) is 2.99. The van der Waals surface area contributed by atoms with E-state index in [1.54, 1.807) is 11.3 Å². The Morgan fingerprint density at radius 2 is 2.06 bits per heavy atom. The summed E-state index contributed by atoms with van der Waals surface area (Å²) in [7, 11) is 0. The molecule has 1 aromatic heterocycles. The van der Waals surface area contributed by atoms with Gasteiger partial charge in [-0.2, -0.15) is 0 Å². The highest BCUT2D eigenvalue weighted by Gasteiger charge is 2.08. The number of nitrogens with zero attached hydrogens (tertiary/aromatic N) is 2. The van der Waals surface area contributed by atoms with Crippen LogP contribution < -0.4 is 5.32 Å². The van der Waals surface area contributed by atoms with E-state index in [1.165, 1.54) is 44.5 Å². The molecule has 4 heteroatoms. The maximum atomic E-state index is 4.52. The summed E-state index contributed by atoms with van der Waals surface area (Å²) >= 11 is 1.72. The minimum Gasteiger partial charge on any atom is -0.360 e. The molecule has 3 nitrogen and oxygen atoms in total. The van der Waals surface area contributed by atoms with Crippen molar-refractivity contribution < 1.29 is 0 Å². The van der Waals surface area contributed by atoms with E-state index < -0.39 is 0 Å². The number of nitrogens with one attached hydrogen (secondary N) is 1. The van der Waals surface area contributed by atoms with E-state index in [0.717, 1.165) is 24.6 Å². The first-order valence-electron chi connectivity index (χ1n) is 6.79. The van der Waals surface area contributed by atoms with Crippen LogP contribution in [0.5, 0.6) is 0 Å². The molecule has 0 spiro atoms. The Morgan fingerprint density at radius 1 is 1.29 bits per heavy atom. The Hall–Kier alpha value is -0.610. The molecule has 1 aromatic rings. The van der Waals surface area contributed by atoms with Crippen molar-refractivity contribution in [3.05, 3.63) is 11.1 Å². The summed E-state index contributed by atoms with van der Waals surface area (Å²) in [6.45, 7) is 6.88. The molecule has 1 aliphatic heterocycles. The topological polar surface area (TPSA) is 28.2 Å². The SMILES string of the molecule is CCc1csc(NCCN2CCCCCC2)n1. The van der Waals surface area contributed by atoms with Crippen LogP contribution in [0.25, 0.3) is 0 Å². The van der Waals surface area contributed by atoms with Crippen molar-refractivity contribution in [1.29, 1.82) is 0 Å². The fourth-order valence-corrected chi connectivity index (χ4v) is 3.05. The summed E-state index contributed by atoms with van der Waals surface area (Å²) in [6, 6.07) is 0. The van der Waals surface area contributed by atoms with Gasteiger partial charge in [-0.15, -0.1) is 11.3 Å². The van der Waals surface area contributed by atoms with Crippen molar-refractivity contribution in [1.82, 2.24) is 9.88 Å². The number of anilines is 1. The van der Waals surface area contributed by atoms with E-state index in [9.17, 15) is 0 Å². The molecule has 0 saturated carbocycles. The van der Waals surface area contributed by atoms with Crippen LogP contribution in [0, 0.1) is 0 Å². The van der Waals surface area contributed by atoms with Gasteiger partial charge in [0.15, 0.2) is 5.13 Å². The molecule has 0 unspecified atom stereocenters. The van der Waals surface area contributed by atoms with Crippen molar-refractivity contribution in [2.45, 2.75) is 39.0 Å². The second-order valence-electron chi connectivity index (χ2n) is 4.68. The standard InChI is InChI=1S/C13H23N3S/c1-2-12-11-17-13(15-12)14-7-10-16-8-5-3-4-6-9-16/h11H,2-10H2,1H3,(H,14,15). The van der Waals surface area contributed by atoms with Crippen LogP contribution in [0.3, 0.4) is 0 Å². The molecule has 0 radical (unpaired) electrons. The van der Waals surface area contributed by atoms with E-state index in [1.807, 2.05) is 0 Å². The second-order valence-corrected chi connectivity index (χ2v) is 5.54. The third kappa shape index (κ3) is 4.28. The summed E-state index contributed by atoms with van der Waals surface area (Å²) in [5.41, 5.74) is 1.20. The molecule has 0 aliphatic carbocycles. The Kier molecular flexibility index (Phi) is 5.26. The zero-order valence-corrected chi connectivity index (χ0v) is 11.6. The zero-order valence-electron chi connectivity index (χ0n) is 10.7. The van der Waals surface area contributed by atoms with Gasteiger partial charge in [-0.3, -0.25) is 0 Å². The highest BCUT2D eigenvalue weighted by molar-refractivity contribution is 7.13. The van der Waals surface area contributed by atoms with Crippen LogP contribution in [-0.2, 0) is 6.42 Å². The molecule has 1 fully saturated rings. The third-order valence-electron chi connectivity index (χ3n) is 3.32. The lowest BCUT2D eigenvalue weighted by Crippen LogP contribution is -2.29. The molecule has 1 saturated heterocycles. The summed E-state index contributed by atoms with van der Waals surface area (Å²) in [5.74, 6) is 0. The first-order chi connectivity index (χ1) is 8.38. The van der Waals surface area contributed by atoms with Gasteiger partial charge in [0.25, 0.3) is 0 Å². The Labute approximate surface area is 108 Å². The fourth-order valence-electron chi connectivity index (χ4n) is 2.23. The predicted molar refractivity (Wildman–Crippen MR) is 74.9 cm³/mol. The summed E-state index contributed by atoms with van der Waals surface area (Å²) in [4.78, 5) is 7.10. The van der Waals surface area contributed by atoms with Crippen LogP contribution in [-0.4, -0.2) is 36.1 Å². The molecule has 1 aliphatic rings. The highest BCUT2D eigenvalue weighted by Crippen LogP contribution is 2.15. The van der Waals surface area contributed by atoms with Gasteiger partial charge in [-0.05, 0) is 32.4 Å². The molecule has 0 amide bonds. The second kappa shape index (κ2) is 6.97. The lowest BCUT2D eigenvalue weighted by atomic mass is 10.2. The van der Waals surface area contributed by atoms with E-state index in [2.05, 4.69) is 27.5 Å². The Bertz CT molecular complexity index is 316. The quantitative estimate of drug-likeness (QED) is 0.874. The van der Waals surface area contributed by atoms with Crippen LogP contribution in [0.15, 0.2) is 5.38 Å². The molecule has 96 valence electrons. The molecule has 0 atom stereocenters. The van der Waals surface area contributed by atoms with Crippen LogP contribution in [0.1, 0.15) is 38.3 Å². The van der Waals surface area contributed by atoms with Crippen molar-refractivity contribution in [3.8, 4) is 0 Å². The van der Waals surface area contributed by atoms with Gasteiger partial charge < -0.3 is 10.2 Å². The van der Waals surface area contributed by atoms with E-state index in [-0.39, 0.29) is 0 Å². The minimum atomic E-state index is 1.02. The van der Waals surface area contributed by atoms with Gasteiger partial charge in [0.05, 0.1) is 5.69 Å². The van der Waals surface area contributed by atoms with Gasteiger partial charge in [0.1, 0.15) is 0 Å². The smallest absolute Gasteiger partial charge is 0.182 e. The molecule has 1 N–H and O–H groups in total. The summed E-state index contributed by atoms with van der Waals surface area (Å²) in [6.07, 6.45) is 6.60. The minimum absolute atomic E-state index is 1.02. The van der Waals surface area contributed by atoms with E-state index in [4.69, 9.17) is 0 Å². The van der Waals surface area contributed by atoms with Crippen molar-refractivity contribution >= 4 is 16.5 Å². The fraction of sp³-hybridized carbons (Fsp3) is 0.769. The van der Waals surface area contributed by atoms with Gasteiger partial charge in [-0.1, -0.05) is 19.8 Å². The van der Waals surface area contributed by atoms with E-state index >= 15 is 0 Å². The third-order valence-corrected chi connectivity index (χ3v) is 4.17. The summed E-state index contributed by atoms with van der Waals surface area (Å²) in [5, 5.41) is 6.66. The van der Waals surface area contributed by atoms with Crippen LogP contribution >= 0.6 is 11.3 Å².